The standard InChI is InChI=1S/C12H15NO/c1-12(2,3)11(14)5-4-10-6-8-13-9-7-10/h4-9H,1-3H3/b5-4+. The average molecular weight is 189 g/mol. The van der Waals surface area contributed by atoms with Crippen molar-refractivity contribution in [2.24, 2.45) is 5.41 Å². The minimum Gasteiger partial charge on any atom is -0.294 e. The summed E-state index contributed by atoms with van der Waals surface area (Å²) in [6, 6.07) is 3.74. The van der Waals surface area contributed by atoms with Crippen molar-refractivity contribution >= 4 is 11.9 Å². The lowest BCUT2D eigenvalue weighted by atomic mass is 9.90. The monoisotopic (exact) mass is 189 g/mol. The summed E-state index contributed by atoms with van der Waals surface area (Å²) in [5.74, 6) is 0.134. The fourth-order valence-electron chi connectivity index (χ4n) is 0.896. The van der Waals surface area contributed by atoms with Gasteiger partial charge >= 0.3 is 0 Å². The van der Waals surface area contributed by atoms with Crippen LogP contribution in [0.1, 0.15) is 26.3 Å². The molecule has 1 rings (SSSR count). The van der Waals surface area contributed by atoms with Gasteiger partial charge in [0.05, 0.1) is 0 Å². The van der Waals surface area contributed by atoms with Gasteiger partial charge in [-0.3, -0.25) is 9.78 Å². The van der Waals surface area contributed by atoms with Gasteiger partial charge in [-0.15, -0.1) is 0 Å². The van der Waals surface area contributed by atoms with Crippen LogP contribution in [-0.4, -0.2) is 10.8 Å². The maximum absolute atomic E-state index is 11.5. The lowest BCUT2D eigenvalue weighted by Crippen LogP contribution is -2.17. The summed E-state index contributed by atoms with van der Waals surface area (Å²) in [4.78, 5) is 15.4. The SMILES string of the molecule is CC(C)(C)C(=O)/C=C/c1ccncc1. The van der Waals surface area contributed by atoms with Crippen molar-refractivity contribution in [1.29, 1.82) is 0 Å². The Bertz CT molecular complexity index is 333. The highest BCUT2D eigenvalue weighted by molar-refractivity contribution is 5.97. The third-order valence-electron chi connectivity index (χ3n) is 1.87. The molecule has 1 heterocycles. The second kappa shape index (κ2) is 4.18. The van der Waals surface area contributed by atoms with Crippen molar-refractivity contribution in [2.75, 3.05) is 0 Å². The van der Waals surface area contributed by atoms with Gasteiger partial charge < -0.3 is 0 Å². The highest BCUT2D eigenvalue weighted by atomic mass is 16.1. The molecule has 0 bridgehead atoms. The Morgan fingerprint density at radius 1 is 1.29 bits per heavy atom. The Morgan fingerprint density at radius 2 is 1.86 bits per heavy atom. The van der Waals surface area contributed by atoms with Gasteiger partial charge in [0.1, 0.15) is 0 Å². The first-order valence-corrected chi connectivity index (χ1v) is 4.63. The molecule has 0 aliphatic rings. The number of pyridine rings is 1. The quantitative estimate of drug-likeness (QED) is 0.669. The van der Waals surface area contributed by atoms with Gasteiger partial charge in [-0.1, -0.05) is 26.8 Å². The summed E-state index contributed by atoms with van der Waals surface area (Å²) in [7, 11) is 0. The molecular formula is C12H15NO. The number of aromatic nitrogens is 1. The van der Waals surface area contributed by atoms with Crippen LogP contribution in [0.25, 0.3) is 6.08 Å². The van der Waals surface area contributed by atoms with E-state index < -0.39 is 0 Å². The molecule has 2 nitrogen and oxygen atoms in total. The normalized spacial score (nSPS) is 11.9. The molecule has 0 aliphatic carbocycles. The summed E-state index contributed by atoms with van der Waals surface area (Å²) in [6.45, 7) is 5.73. The lowest BCUT2D eigenvalue weighted by Gasteiger charge is -2.12. The molecule has 14 heavy (non-hydrogen) atoms. The minimum atomic E-state index is -0.302. The molecule has 74 valence electrons. The zero-order valence-electron chi connectivity index (χ0n) is 8.82. The molecule has 0 aliphatic heterocycles. The number of hydrogen-bond acceptors (Lipinski definition) is 2. The predicted octanol–water partition coefficient (Wildman–Crippen LogP) is 2.71. The van der Waals surface area contributed by atoms with E-state index in [4.69, 9.17) is 0 Å². The van der Waals surface area contributed by atoms with Gasteiger partial charge in [0, 0.05) is 17.8 Å². The Hall–Kier alpha value is -1.44. The summed E-state index contributed by atoms with van der Waals surface area (Å²) in [6.07, 6.45) is 6.85. The summed E-state index contributed by atoms with van der Waals surface area (Å²) in [5.41, 5.74) is 0.696. The molecule has 1 aromatic heterocycles. The first-order valence-electron chi connectivity index (χ1n) is 4.63. The molecule has 0 atom stereocenters. The van der Waals surface area contributed by atoms with Gasteiger partial charge in [0.25, 0.3) is 0 Å². The molecule has 0 amide bonds. The first kappa shape index (κ1) is 10.6. The van der Waals surface area contributed by atoms with Gasteiger partial charge in [-0.05, 0) is 23.8 Å². The molecule has 2 heteroatoms. The first-order chi connectivity index (χ1) is 6.50. The van der Waals surface area contributed by atoms with E-state index in [1.165, 1.54) is 0 Å². The smallest absolute Gasteiger partial charge is 0.161 e. The fourth-order valence-corrected chi connectivity index (χ4v) is 0.896. The highest BCUT2D eigenvalue weighted by Gasteiger charge is 2.17. The van der Waals surface area contributed by atoms with Crippen LogP contribution in [0.15, 0.2) is 30.6 Å². The van der Waals surface area contributed by atoms with Crippen LogP contribution < -0.4 is 0 Å². The molecule has 0 fully saturated rings. The van der Waals surface area contributed by atoms with Crippen molar-refractivity contribution in [3.8, 4) is 0 Å². The number of rotatable bonds is 2. The molecule has 0 spiro atoms. The molecule has 0 saturated heterocycles. The lowest BCUT2D eigenvalue weighted by molar-refractivity contribution is -0.121. The van der Waals surface area contributed by atoms with E-state index in [-0.39, 0.29) is 11.2 Å². The van der Waals surface area contributed by atoms with Crippen molar-refractivity contribution < 1.29 is 4.79 Å². The van der Waals surface area contributed by atoms with Gasteiger partial charge in [0.15, 0.2) is 5.78 Å². The van der Waals surface area contributed by atoms with E-state index in [1.54, 1.807) is 18.5 Å². The summed E-state index contributed by atoms with van der Waals surface area (Å²) >= 11 is 0. The third-order valence-corrected chi connectivity index (χ3v) is 1.87. The predicted molar refractivity (Wildman–Crippen MR) is 57.7 cm³/mol. The van der Waals surface area contributed by atoms with Crippen LogP contribution >= 0.6 is 0 Å². The Balaban J connectivity index is 2.71. The zero-order valence-corrected chi connectivity index (χ0v) is 8.82. The highest BCUT2D eigenvalue weighted by Crippen LogP contribution is 2.15. The van der Waals surface area contributed by atoms with Gasteiger partial charge in [-0.2, -0.15) is 0 Å². The zero-order chi connectivity index (χ0) is 10.6. The number of hydrogen-bond donors (Lipinski definition) is 0. The summed E-state index contributed by atoms with van der Waals surface area (Å²) < 4.78 is 0. The van der Waals surface area contributed by atoms with Crippen LogP contribution in [0.5, 0.6) is 0 Å². The van der Waals surface area contributed by atoms with Crippen molar-refractivity contribution in [2.45, 2.75) is 20.8 Å². The van der Waals surface area contributed by atoms with Crippen molar-refractivity contribution in [3.05, 3.63) is 36.2 Å². The van der Waals surface area contributed by atoms with Crippen LogP contribution in [-0.2, 0) is 4.79 Å². The van der Waals surface area contributed by atoms with E-state index in [2.05, 4.69) is 4.98 Å². The number of allylic oxidation sites excluding steroid dienone is 1. The van der Waals surface area contributed by atoms with E-state index >= 15 is 0 Å². The largest absolute Gasteiger partial charge is 0.294 e. The fraction of sp³-hybridized carbons (Fsp3) is 0.333. The summed E-state index contributed by atoms with van der Waals surface area (Å²) in [5, 5.41) is 0. The molecule has 1 aromatic rings. The number of nitrogens with zero attached hydrogens (tertiary/aromatic N) is 1. The Labute approximate surface area is 84.7 Å². The molecule has 0 radical (unpaired) electrons. The Kier molecular flexibility index (Phi) is 3.18. The van der Waals surface area contributed by atoms with Gasteiger partial charge in [-0.25, -0.2) is 0 Å². The third kappa shape index (κ3) is 3.13. The second-order valence-electron chi connectivity index (χ2n) is 4.23. The maximum Gasteiger partial charge on any atom is 0.161 e. The number of ketones is 1. The van der Waals surface area contributed by atoms with E-state index in [9.17, 15) is 4.79 Å². The molecule has 0 unspecified atom stereocenters. The van der Waals surface area contributed by atoms with Gasteiger partial charge in [0.2, 0.25) is 0 Å². The molecule has 0 saturated carbocycles. The Morgan fingerprint density at radius 3 is 2.36 bits per heavy atom. The second-order valence-corrected chi connectivity index (χ2v) is 4.23. The molecular weight excluding hydrogens is 174 g/mol. The number of carbonyl (C=O) groups excluding carboxylic acids is 1. The van der Waals surface area contributed by atoms with E-state index in [1.807, 2.05) is 39.0 Å². The average Bonchev–Trinajstić information content (AvgIpc) is 2.14. The van der Waals surface area contributed by atoms with Crippen molar-refractivity contribution in [1.82, 2.24) is 4.98 Å². The molecule has 0 aromatic carbocycles. The molecule has 0 N–H and O–H groups in total. The van der Waals surface area contributed by atoms with E-state index in [0.29, 0.717) is 0 Å². The van der Waals surface area contributed by atoms with E-state index in [0.717, 1.165) is 5.56 Å². The van der Waals surface area contributed by atoms with Crippen LogP contribution in [0.2, 0.25) is 0 Å². The minimum absolute atomic E-state index is 0.134. The number of carbonyl (C=O) groups is 1. The van der Waals surface area contributed by atoms with Crippen LogP contribution in [0.4, 0.5) is 0 Å². The van der Waals surface area contributed by atoms with Crippen LogP contribution in [0, 0.1) is 5.41 Å². The topological polar surface area (TPSA) is 30.0 Å². The maximum atomic E-state index is 11.5. The van der Waals surface area contributed by atoms with Crippen LogP contribution in [0.3, 0.4) is 0 Å². The van der Waals surface area contributed by atoms with Crippen molar-refractivity contribution in [3.63, 3.8) is 0 Å².